The predicted molar refractivity (Wildman–Crippen MR) is 75.1 cm³/mol. The van der Waals surface area contributed by atoms with Gasteiger partial charge < -0.3 is 5.73 Å². The number of hydrogen-bond acceptors (Lipinski definition) is 3. The van der Waals surface area contributed by atoms with Gasteiger partial charge in [0.1, 0.15) is 11.6 Å². The average Bonchev–Trinajstić information content (AvgIpc) is 2.31. The van der Waals surface area contributed by atoms with E-state index in [1.165, 1.54) is 6.07 Å². The van der Waals surface area contributed by atoms with E-state index >= 15 is 0 Å². The predicted octanol–water partition coefficient (Wildman–Crippen LogP) is 3.37. The van der Waals surface area contributed by atoms with Crippen molar-refractivity contribution in [1.82, 2.24) is 9.97 Å². The minimum atomic E-state index is -0.256. The zero-order chi connectivity index (χ0) is 14.0. The highest BCUT2D eigenvalue weighted by atomic mass is 19.1. The molecule has 0 aliphatic heterocycles. The summed E-state index contributed by atoms with van der Waals surface area (Å²) in [6, 6.07) is 6.75. The van der Waals surface area contributed by atoms with Gasteiger partial charge in [0.05, 0.1) is 0 Å². The number of hydrogen-bond donors (Lipinski definition) is 1. The van der Waals surface area contributed by atoms with Crippen molar-refractivity contribution in [2.24, 2.45) is 5.92 Å². The number of nitrogen functional groups attached to an aromatic ring is 1. The van der Waals surface area contributed by atoms with Gasteiger partial charge in [0.15, 0.2) is 5.82 Å². The average molecular weight is 259 g/mol. The molecule has 0 aliphatic carbocycles. The molecule has 0 amide bonds. The minimum absolute atomic E-state index is 0.256. The quantitative estimate of drug-likeness (QED) is 0.919. The fourth-order valence-electron chi connectivity index (χ4n) is 1.90. The molecule has 0 bridgehead atoms. The van der Waals surface area contributed by atoms with Crippen LogP contribution in [0.4, 0.5) is 10.2 Å². The summed E-state index contributed by atoms with van der Waals surface area (Å²) >= 11 is 0. The molecule has 2 rings (SSSR count). The molecule has 0 saturated carbocycles. The molecule has 1 aromatic carbocycles. The summed E-state index contributed by atoms with van der Waals surface area (Å²) in [5, 5.41) is 0. The highest BCUT2D eigenvalue weighted by molar-refractivity contribution is 5.57. The monoisotopic (exact) mass is 259 g/mol. The number of nitrogens with zero attached hydrogens (tertiary/aromatic N) is 2. The van der Waals surface area contributed by atoms with Crippen molar-refractivity contribution in [2.45, 2.75) is 27.2 Å². The SMILES string of the molecule is Cc1ccc(-c2nc(N)cc(CC(C)C)n2)cc1F. The Labute approximate surface area is 112 Å². The van der Waals surface area contributed by atoms with Crippen LogP contribution in [0.25, 0.3) is 11.4 Å². The molecule has 0 unspecified atom stereocenters. The summed E-state index contributed by atoms with van der Waals surface area (Å²) < 4.78 is 13.6. The van der Waals surface area contributed by atoms with Crippen LogP contribution >= 0.6 is 0 Å². The van der Waals surface area contributed by atoms with Crippen molar-refractivity contribution < 1.29 is 4.39 Å². The third-order valence-corrected chi connectivity index (χ3v) is 2.85. The first kappa shape index (κ1) is 13.5. The largest absolute Gasteiger partial charge is 0.384 e. The highest BCUT2D eigenvalue weighted by Crippen LogP contribution is 2.20. The van der Waals surface area contributed by atoms with E-state index in [2.05, 4.69) is 23.8 Å². The Morgan fingerprint density at radius 1 is 1.21 bits per heavy atom. The zero-order valence-electron chi connectivity index (χ0n) is 11.4. The maximum atomic E-state index is 13.6. The van der Waals surface area contributed by atoms with Gasteiger partial charge in [-0.1, -0.05) is 26.0 Å². The van der Waals surface area contributed by atoms with E-state index < -0.39 is 0 Å². The molecule has 2 N–H and O–H groups in total. The topological polar surface area (TPSA) is 51.8 Å². The first-order valence-electron chi connectivity index (χ1n) is 6.35. The minimum Gasteiger partial charge on any atom is -0.384 e. The van der Waals surface area contributed by atoms with Crippen LogP contribution in [0.1, 0.15) is 25.1 Å². The molecule has 0 radical (unpaired) electrons. The lowest BCUT2D eigenvalue weighted by Crippen LogP contribution is -2.03. The van der Waals surface area contributed by atoms with Crippen molar-refractivity contribution in [1.29, 1.82) is 0 Å². The van der Waals surface area contributed by atoms with E-state index in [0.29, 0.717) is 28.7 Å². The molecule has 0 aliphatic rings. The van der Waals surface area contributed by atoms with Gasteiger partial charge in [-0.25, -0.2) is 14.4 Å². The van der Waals surface area contributed by atoms with Crippen LogP contribution in [-0.2, 0) is 6.42 Å². The molecule has 19 heavy (non-hydrogen) atoms. The van der Waals surface area contributed by atoms with E-state index in [0.717, 1.165) is 12.1 Å². The van der Waals surface area contributed by atoms with Gasteiger partial charge in [0.25, 0.3) is 0 Å². The molecule has 1 aromatic heterocycles. The maximum absolute atomic E-state index is 13.6. The molecule has 100 valence electrons. The Kier molecular flexibility index (Phi) is 3.79. The second kappa shape index (κ2) is 5.34. The second-order valence-electron chi connectivity index (χ2n) is 5.17. The fourth-order valence-corrected chi connectivity index (χ4v) is 1.90. The summed E-state index contributed by atoms with van der Waals surface area (Å²) in [5.74, 6) is 1.13. The molecular formula is C15H18FN3. The first-order valence-corrected chi connectivity index (χ1v) is 6.35. The van der Waals surface area contributed by atoms with Crippen molar-refractivity contribution in [3.05, 3.63) is 41.3 Å². The van der Waals surface area contributed by atoms with Gasteiger partial charge in [-0.15, -0.1) is 0 Å². The van der Waals surface area contributed by atoms with Crippen LogP contribution in [0.15, 0.2) is 24.3 Å². The summed E-state index contributed by atoms with van der Waals surface area (Å²) in [6.07, 6.45) is 0.827. The van der Waals surface area contributed by atoms with Crippen LogP contribution < -0.4 is 5.73 Å². The Morgan fingerprint density at radius 3 is 2.58 bits per heavy atom. The van der Waals surface area contributed by atoms with Crippen LogP contribution in [0.3, 0.4) is 0 Å². The summed E-state index contributed by atoms with van der Waals surface area (Å²) in [5.41, 5.74) is 7.94. The summed E-state index contributed by atoms with van der Waals surface area (Å²) in [7, 11) is 0. The van der Waals surface area contributed by atoms with Gasteiger partial charge >= 0.3 is 0 Å². The second-order valence-corrected chi connectivity index (χ2v) is 5.17. The smallest absolute Gasteiger partial charge is 0.161 e. The lowest BCUT2D eigenvalue weighted by atomic mass is 10.1. The Morgan fingerprint density at radius 2 is 1.95 bits per heavy atom. The molecule has 3 nitrogen and oxygen atoms in total. The number of nitrogens with two attached hydrogens (primary N) is 1. The van der Waals surface area contributed by atoms with E-state index in [1.807, 2.05) is 6.07 Å². The van der Waals surface area contributed by atoms with Crippen LogP contribution in [0.2, 0.25) is 0 Å². The number of aryl methyl sites for hydroxylation is 1. The van der Waals surface area contributed by atoms with Crippen molar-refractivity contribution >= 4 is 5.82 Å². The number of aromatic nitrogens is 2. The third kappa shape index (κ3) is 3.28. The maximum Gasteiger partial charge on any atom is 0.161 e. The summed E-state index contributed by atoms with van der Waals surface area (Å²) in [6.45, 7) is 5.95. The normalized spacial score (nSPS) is 11.0. The number of halogens is 1. The molecular weight excluding hydrogens is 241 g/mol. The standard InChI is InChI=1S/C15H18FN3/c1-9(2)6-12-8-14(17)19-15(18-12)11-5-4-10(3)13(16)7-11/h4-5,7-9H,6H2,1-3H3,(H2,17,18,19). The highest BCUT2D eigenvalue weighted by Gasteiger charge is 2.08. The van der Waals surface area contributed by atoms with Crippen LogP contribution in [0.5, 0.6) is 0 Å². The fraction of sp³-hybridized carbons (Fsp3) is 0.333. The molecule has 1 heterocycles. The number of anilines is 1. The van der Waals surface area contributed by atoms with Gasteiger partial charge in [0, 0.05) is 17.3 Å². The zero-order valence-corrected chi connectivity index (χ0v) is 11.4. The van der Waals surface area contributed by atoms with E-state index in [1.54, 1.807) is 19.1 Å². The molecule has 4 heteroatoms. The number of benzene rings is 1. The van der Waals surface area contributed by atoms with Gasteiger partial charge in [-0.2, -0.15) is 0 Å². The molecule has 0 saturated heterocycles. The van der Waals surface area contributed by atoms with E-state index in [4.69, 9.17) is 5.73 Å². The Bertz CT molecular complexity index is 594. The Hall–Kier alpha value is -1.97. The van der Waals surface area contributed by atoms with Gasteiger partial charge in [0.2, 0.25) is 0 Å². The molecule has 2 aromatic rings. The van der Waals surface area contributed by atoms with Crippen LogP contribution in [-0.4, -0.2) is 9.97 Å². The van der Waals surface area contributed by atoms with E-state index in [-0.39, 0.29) is 5.82 Å². The molecule has 0 spiro atoms. The number of rotatable bonds is 3. The van der Waals surface area contributed by atoms with Gasteiger partial charge in [-0.3, -0.25) is 0 Å². The van der Waals surface area contributed by atoms with E-state index in [9.17, 15) is 4.39 Å². The molecule has 0 atom stereocenters. The van der Waals surface area contributed by atoms with Gasteiger partial charge in [-0.05, 0) is 30.9 Å². The summed E-state index contributed by atoms with van der Waals surface area (Å²) in [4.78, 5) is 8.64. The van der Waals surface area contributed by atoms with Crippen LogP contribution in [0, 0.1) is 18.7 Å². The van der Waals surface area contributed by atoms with Crippen molar-refractivity contribution in [2.75, 3.05) is 5.73 Å². The van der Waals surface area contributed by atoms with Crippen molar-refractivity contribution in [3.8, 4) is 11.4 Å². The lowest BCUT2D eigenvalue weighted by molar-refractivity contribution is 0.618. The van der Waals surface area contributed by atoms with Crippen molar-refractivity contribution in [3.63, 3.8) is 0 Å². The lowest BCUT2D eigenvalue weighted by Gasteiger charge is -2.08. The third-order valence-electron chi connectivity index (χ3n) is 2.85. The first-order chi connectivity index (χ1) is 8.95. The molecule has 0 fully saturated rings. The Balaban J connectivity index is 2.43.